The first-order chi connectivity index (χ1) is 34.1. The van der Waals surface area contributed by atoms with Crippen molar-refractivity contribution in [3.8, 4) is 0 Å². The van der Waals surface area contributed by atoms with Gasteiger partial charge in [0.05, 0.1) is 19.8 Å². The third-order valence-electron chi connectivity index (χ3n) is 12.0. The highest BCUT2D eigenvalue weighted by molar-refractivity contribution is 7.80. The number of allylic oxidation sites excluding steroid dienone is 14. The molecule has 0 aromatic carbocycles. The topological polar surface area (TPSA) is 178 Å². The molecule has 6 atom stereocenters. The van der Waals surface area contributed by atoms with Gasteiger partial charge in [-0.15, -0.1) is 0 Å². The number of aliphatic hydroxyl groups is 3. The smallest absolute Gasteiger partial charge is 0.397 e. The van der Waals surface area contributed by atoms with Crippen molar-refractivity contribution in [3.05, 3.63) is 85.1 Å². The van der Waals surface area contributed by atoms with E-state index in [0.29, 0.717) is 13.0 Å². The molecule has 6 unspecified atom stereocenters. The Bertz CT molecular complexity index is 1540. The molecule has 0 amide bonds. The van der Waals surface area contributed by atoms with E-state index in [4.69, 9.17) is 18.9 Å². The van der Waals surface area contributed by atoms with E-state index in [-0.39, 0.29) is 19.6 Å². The molecule has 1 rings (SSSR count). The number of rotatable bonds is 47. The average molecular weight is 1010 g/mol. The normalized spacial score (nSPS) is 19.8. The molecule has 1 aliphatic rings. The van der Waals surface area contributed by atoms with E-state index in [1.807, 2.05) is 0 Å². The third-order valence-corrected chi connectivity index (χ3v) is 12.5. The minimum atomic E-state index is -5.07. The first-order valence-electron chi connectivity index (χ1n) is 27.3. The van der Waals surface area contributed by atoms with E-state index < -0.39 is 59.8 Å². The molecule has 404 valence electrons. The van der Waals surface area contributed by atoms with Crippen LogP contribution in [0.25, 0.3) is 0 Å². The predicted octanol–water partition coefficient (Wildman–Crippen LogP) is 13.2. The second-order valence-electron chi connectivity index (χ2n) is 18.4. The molecule has 1 aliphatic heterocycles. The first-order valence-corrected chi connectivity index (χ1v) is 28.7. The van der Waals surface area contributed by atoms with Crippen molar-refractivity contribution in [1.29, 1.82) is 0 Å². The first kappa shape index (κ1) is 65.3. The van der Waals surface area contributed by atoms with Crippen molar-refractivity contribution in [2.75, 3.05) is 26.4 Å². The van der Waals surface area contributed by atoms with Crippen LogP contribution in [0.15, 0.2) is 85.1 Å². The van der Waals surface area contributed by atoms with E-state index in [9.17, 15) is 33.1 Å². The molecule has 1 saturated heterocycles. The standard InChI is InChI=1S/C57H98O12S/c1-3-5-7-9-11-13-15-17-19-21-22-23-24-25-26-27-28-29-31-33-35-37-39-41-43-45-47-65-49-51(50-66-57-55(61)56(69-70(62,63)64)54(60)52(48-58)68-57)67-53(59)46-44-42-40-38-36-34-32-30-20-18-16-14-12-10-8-6-4-2/h5,7,11-14,17-20,22-23,25-26,51-52,54-58,60-61H,3-4,6,8-10,15-16,21,24,27-50H2,1-2H3,(H,62,63,64)/b7-5-,13-11-,14-12-,19-17-,20-18-,23-22-,26-25-. The summed E-state index contributed by atoms with van der Waals surface area (Å²) >= 11 is 0. The zero-order valence-electron chi connectivity index (χ0n) is 43.6. The van der Waals surface area contributed by atoms with Gasteiger partial charge < -0.3 is 34.3 Å². The number of hydrogen-bond acceptors (Lipinski definition) is 11. The Morgan fingerprint density at radius 1 is 0.557 bits per heavy atom. The fourth-order valence-corrected chi connectivity index (χ4v) is 8.41. The summed E-state index contributed by atoms with van der Waals surface area (Å²) in [5.74, 6) is -0.411. The fraction of sp³-hybridized carbons (Fsp3) is 0.737. The second kappa shape index (κ2) is 47.3. The minimum absolute atomic E-state index is 0.0254. The van der Waals surface area contributed by atoms with Crippen LogP contribution in [0.3, 0.4) is 0 Å². The molecule has 0 aliphatic carbocycles. The summed E-state index contributed by atoms with van der Waals surface area (Å²) < 4.78 is 59.3. The summed E-state index contributed by atoms with van der Waals surface area (Å²) in [6, 6.07) is 0. The summed E-state index contributed by atoms with van der Waals surface area (Å²) in [5.41, 5.74) is 0. The van der Waals surface area contributed by atoms with Crippen molar-refractivity contribution in [3.63, 3.8) is 0 Å². The van der Waals surface area contributed by atoms with E-state index in [2.05, 4.69) is 103 Å². The van der Waals surface area contributed by atoms with Crippen LogP contribution >= 0.6 is 0 Å². The van der Waals surface area contributed by atoms with Gasteiger partial charge in [-0.2, -0.15) is 8.42 Å². The number of carbonyl (C=O) groups excluding carboxylic acids is 1. The molecule has 0 radical (unpaired) electrons. The molecule has 70 heavy (non-hydrogen) atoms. The van der Waals surface area contributed by atoms with Gasteiger partial charge in [-0.25, -0.2) is 4.18 Å². The summed E-state index contributed by atoms with van der Waals surface area (Å²) in [5, 5.41) is 30.8. The van der Waals surface area contributed by atoms with Gasteiger partial charge in [-0.3, -0.25) is 9.35 Å². The maximum absolute atomic E-state index is 12.9. The molecule has 0 bridgehead atoms. The molecule has 0 saturated carbocycles. The van der Waals surface area contributed by atoms with Gasteiger partial charge in [0.15, 0.2) is 6.29 Å². The Kier molecular flexibility index (Phi) is 44.1. The van der Waals surface area contributed by atoms with E-state index in [0.717, 1.165) is 89.9 Å². The summed E-state index contributed by atoms with van der Waals surface area (Å²) in [4.78, 5) is 12.9. The molecule has 1 heterocycles. The molecule has 13 heteroatoms. The highest BCUT2D eigenvalue weighted by Crippen LogP contribution is 2.26. The van der Waals surface area contributed by atoms with Gasteiger partial charge in [-0.05, 0) is 89.9 Å². The molecule has 0 spiro atoms. The lowest BCUT2D eigenvalue weighted by Gasteiger charge is -2.41. The average Bonchev–Trinajstić information content (AvgIpc) is 3.34. The number of carbonyl (C=O) groups is 1. The minimum Gasteiger partial charge on any atom is -0.457 e. The predicted molar refractivity (Wildman–Crippen MR) is 285 cm³/mol. The lowest BCUT2D eigenvalue weighted by molar-refractivity contribution is -0.301. The molecule has 4 N–H and O–H groups in total. The van der Waals surface area contributed by atoms with Crippen LogP contribution in [0.2, 0.25) is 0 Å². The van der Waals surface area contributed by atoms with Crippen LogP contribution in [0, 0.1) is 0 Å². The van der Waals surface area contributed by atoms with Crippen molar-refractivity contribution in [2.45, 2.75) is 243 Å². The highest BCUT2D eigenvalue weighted by atomic mass is 32.3. The van der Waals surface area contributed by atoms with E-state index in [1.54, 1.807) is 0 Å². The van der Waals surface area contributed by atoms with Crippen LogP contribution in [0.4, 0.5) is 0 Å². The van der Waals surface area contributed by atoms with Gasteiger partial charge in [-0.1, -0.05) is 195 Å². The quantitative estimate of drug-likeness (QED) is 0.0197. The Morgan fingerprint density at radius 3 is 1.44 bits per heavy atom. The van der Waals surface area contributed by atoms with Gasteiger partial charge in [0.2, 0.25) is 0 Å². The maximum atomic E-state index is 12.9. The van der Waals surface area contributed by atoms with Crippen LogP contribution < -0.4 is 0 Å². The lowest BCUT2D eigenvalue weighted by atomic mass is 9.99. The van der Waals surface area contributed by atoms with Gasteiger partial charge >= 0.3 is 16.4 Å². The van der Waals surface area contributed by atoms with Crippen LogP contribution in [0.1, 0.15) is 206 Å². The number of aliphatic hydroxyl groups excluding tert-OH is 3. The molecular weight excluding hydrogens is 909 g/mol. The molecule has 0 aromatic heterocycles. The monoisotopic (exact) mass is 1010 g/mol. The fourth-order valence-electron chi connectivity index (χ4n) is 7.91. The molecule has 0 aromatic rings. The van der Waals surface area contributed by atoms with Crippen LogP contribution in [-0.2, 0) is 38.3 Å². The van der Waals surface area contributed by atoms with E-state index >= 15 is 0 Å². The zero-order chi connectivity index (χ0) is 51.0. The Hall–Kier alpha value is -2.72. The van der Waals surface area contributed by atoms with Gasteiger partial charge in [0.25, 0.3) is 0 Å². The number of esters is 1. The maximum Gasteiger partial charge on any atom is 0.397 e. The van der Waals surface area contributed by atoms with Crippen LogP contribution in [-0.4, -0.2) is 97.5 Å². The number of hydrogen-bond donors (Lipinski definition) is 4. The van der Waals surface area contributed by atoms with Crippen molar-refractivity contribution < 1.29 is 56.2 Å². The van der Waals surface area contributed by atoms with Crippen molar-refractivity contribution >= 4 is 16.4 Å². The van der Waals surface area contributed by atoms with Gasteiger partial charge in [0.1, 0.15) is 30.5 Å². The molecular formula is C57H98O12S. The Balaban J connectivity index is 2.32. The summed E-state index contributed by atoms with van der Waals surface area (Å²) in [6.45, 7) is 3.84. The Morgan fingerprint density at radius 2 is 0.986 bits per heavy atom. The summed E-state index contributed by atoms with van der Waals surface area (Å²) in [7, 11) is -5.07. The van der Waals surface area contributed by atoms with E-state index in [1.165, 1.54) is 89.9 Å². The second-order valence-corrected chi connectivity index (χ2v) is 19.5. The molecule has 1 fully saturated rings. The SMILES string of the molecule is CC/C=C\C/C=C\C/C=C\C/C=C\C/C=C\CCCCCCCCCCCCOCC(COC1OC(CO)C(O)C(OS(=O)(=O)O)C1O)OC(=O)CCCCCCCCC/C=C\C/C=C\CCCCC. The van der Waals surface area contributed by atoms with Crippen molar-refractivity contribution in [2.24, 2.45) is 0 Å². The number of ether oxygens (including phenoxy) is 4. The lowest BCUT2D eigenvalue weighted by Crippen LogP contribution is -2.60. The highest BCUT2D eigenvalue weighted by Gasteiger charge is 2.48. The number of unbranched alkanes of at least 4 members (excludes halogenated alkanes) is 20. The summed E-state index contributed by atoms with van der Waals surface area (Å²) in [6.07, 6.45) is 54.7. The third kappa shape index (κ3) is 39.8. The van der Waals surface area contributed by atoms with Crippen LogP contribution in [0.5, 0.6) is 0 Å². The van der Waals surface area contributed by atoms with Gasteiger partial charge in [0, 0.05) is 13.0 Å². The molecule has 12 nitrogen and oxygen atoms in total. The Labute approximate surface area is 425 Å². The largest absolute Gasteiger partial charge is 0.457 e. The van der Waals surface area contributed by atoms with Crippen molar-refractivity contribution in [1.82, 2.24) is 0 Å². The zero-order valence-corrected chi connectivity index (χ0v) is 44.4.